The van der Waals surface area contributed by atoms with Gasteiger partial charge in [-0.25, -0.2) is 9.98 Å². The number of benzene rings is 1. The molecule has 1 aliphatic heterocycles. The summed E-state index contributed by atoms with van der Waals surface area (Å²) in [6, 6.07) is 6.62. The third-order valence-electron chi connectivity index (χ3n) is 4.50. The molecule has 3 rings (SSSR count). The van der Waals surface area contributed by atoms with E-state index in [0.717, 1.165) is 5.56 Å². The summed E-state index contributed by atoms with van der Waals surface area (Å²) in [5.74, 6) is -1.06. The summed E-state index contributed by atoms with van der Waals surface area (Å²) in [6.07, 6.45) is 1.57. The van der Waals surface area contributed by atoms with Crippen LogP contribution in [0.15, 0.2) is 40.8 Å². The van der Waals surface area contributed by atoms with Crippen LogP contribution in [0.25, 0.3) is 0 Å². The average molecular weight is 414 g/mol. The Morgan fingerprint density at radius 1 is 1.31 bits per heavy atom. The first-order valence-corrected chi connectivity index (χ1v) is 10.2. The number of benzodiazepines with no additional fused rings is 1. The first-order valence-electron chi connectivity index (χ1n) is 9.36. The van der Waals surface area contributed by atoms with Crippen molar-refractivity contribution in [1.82, 2.24) is 15.6 Å². The monoisotopic (exact) mass is 413 g/mol. The molecule has 0 saturated heterocycles. The molecule has 2 atom stereocenters. The van der Waals surface area contributed by atoms with Gasteiger partial charge in [-0.1, -0.05) is 25.1 Å². The summed E-state index contributed by atoms with van der Waals surface area (Å²) in [4.78, 5) is 47.7. The van der Waals surface area contributed by atoms with Gasteiger partial charge in [0.25, 0.3) is 5.91 Å². The second-order valence-electron chi connectivity index (χ2n) is 6.68. The molecule has 2 aromatic rings. The molecule has 1 aromatic carbocycles. The number of rotatable bonds is 6. The summed E-state index contributed by atoms with van der Waals surface area (Å²) in [5, 5.41) is 7.78. The third kappa shape index (κ3) is 4.51. The minimum Gasteiger partial charge on any atom is -0.345 e. The lowest BCUT2D eigenvalue weighted by Crippen LogP contribution is -2.52. The molecule has 1 aromatic heterocycles. The summed E-state index contributed by atoms with van der Waals surface area (Å²) >= 11 is 1.40. The molecule has 29 heavy (non-hydrogen) atoms. The fourth-order valence-corrected chi connectivity index (χ4v) is 3.64. The van der Waals surface area contributed by atoms with Crippen molar-refractivity contribution in [3.8, 4) is 0 Å². The van der Waals surface area contributed by atoms with Crippen LogP contribution in [0.3, 0.4) is 0 Å². The predicted octanol–water partition coefficient (Wildman–Crippen LogP) is 1.70. The van der Waals surface area contributed by atoms with Crippen LogP contribution in [0, 0.1) is 0 Å². The number of hydrogen-bond acceptors (Lipinski definition) is 6. The van der Waals surface area contributed by atoms with E-state index in [9.17, 15) is 14.4 Å². The van der Waals surface area contributed by atoms with E-state index in [1.807, 2.05) is 36.6 Å². The number of carbonyl (C=O) groups excluding carboxylic acids is 3. The third-order valence-corrected chi connectivity index (χ3v) is 5.28. The van der Waals surface area contributed by atoms with Gasteiger partial charge in [0.05, 0.1) is 5.69 Å². The fraction of sp³-hybridized carbons (Fsp3) is 0.350. The van der Waals surface area contributed by atoms with Crippen molar-refractivity contribution in [2.75, 3.05) is 11.9 Å². The van der Waals surface area contributed by atoms with Gasteiger partial charge in [-0.2, -0.15) is 0 Å². The molecular formula is C20H23N5O3S. The number of likely N-dealkylation sites (N-methyl/N-ethyl adjacent to an activating group) is 1. The highest BCUT2D eigenvalue weighted by Crippen LogP contribution is 2.27. The van der Waals surface area contributed by atoms with Gasteiger partial charge in [-0.3, -0.25) is 14.4 Å². The van der Waals surface area contributed by atoms with Crippen molar-refractivity contribution in [2.24, 2.45) is 4.99 Å². The molecule has 1 unspecified atom stereocenters. The van der Waals surface area contributed by atoms with Crippen LogP contribution < -0.4 is 15.5 Å². The number of anilines is 1. The first-order chi connectivity index (χ1) is 13.9. The minimum atomic E-state index is -1.12. The van der Waals surface area contributed by atoms with Crippen molar-refractivity contribution in [3.05, 3.63) is 46.4 Å². The van der Waals surface area contributed by atoms with E-state index in [1.165, 1.54) is 16.2 Å². The van der Waals surface area contributed by atoms with Crippen molar-refractivity contribution >= 4 is 40.5 Å². The second kappa shape index (κ2) is 8.95. The van der Waals surface area contributed by atoms with Gasteiger partial charge in [0.15, 0.2) is 0 Å². The van der Waals surface area contributed by atoms with E-state index < -0.39 is 18.1 Å². The van der Waals surface area contributed by atoms with Crippen molar-refractivity contribution < 1.29 is 14.4 Å². The van der Waals surface area contributed by atoms with Crippen LogP contribution in [0.5, 0.6) is 0 Å². The first kappa shape index (κ1) is 20.7. The van der Waals surface area contributed by atoms with Gasteiger partial charge < -0.3 is 15.5 Å². The molecule has 2 N–H and O–H groups in total. The lowest BCUT2D eigenvalue weighted by atomic mass is 10.1. The van der Waals surface area contributed by atoms with Crippen LogP contribution in [-0.2, 0) is 14.4 Å². The maximum Gasteiger partial charge on any atom is 0.272 e. The van der Waals surface area contributed by atoms with Crippen molar-refractivity contribution in [1.29, 1.82) is 0 Å². The number of para-hydroxylation sites is 1. The second-order valence-corrected chi connectivity index (χ2v) is 7.57. The number of carbonyl (C=O) groups is 3. The molecule has 0 fully saturated rings. The summed E-state index contributed by atoms with van der Waals surface area (Å²) < 4.78 is 0. The largest absolute Gasteiger partial charge is 0.345 e. The number of nitrogens with zero attached hydrogens (tertiary/aromatic N) is 3. The zero-order valence-corrected chi connectivity index (χ0v) is 17.3. The Balaban J connectivity index is 1.91. The molecule has 0 spiro atoms. The maximum absolute atomic E-state index is 13.0. The number of thiazole rings is 1. The highest BCUT2D eigenvalue weighted by Gasteiger charge is 2.32. The van der Waals surface area contributed by atoms with Crippen LogP contribution >= 0.6 is 11.3 Å². The van der Waals surface area contributed by atoms with Crippen LogP contribution in [0.4, 0.5) is 5.69 Å². The standard InChI is InChI=1S/C20H23N5O3S/c1-4-7-15(26)22-12(2)18(27)24-17-20(28)25(3)14-9-6-5-8-13(14)16(23-17)19-21-10-11-29-19/h5-6,8-12,17H,4,7H2,1-3H3,(H,22,26)(H,24,27)/t12-,17?/m0/s1. The molecular weight excluding hydrogens is 390 g/mol. The quantitative estimate of drug-likeness (QED) is 0.752. The Labute approximate surface area is 173 Å². The highest BCUT2D eigenvalue weighted by atomic mass is 32.1. The molecule has 0 saturated carbocycles. The van der Waals surface area contributed by atoms with Crippen molar-refractivity contribution in [3.63, 3.8) is 0 Å². The average Bonchev–Trinajstić information content (AvgIpc) is 3.21. The molecule has 0 aliphatic carbocycles. The molecule has 2 heterocycles. The molecule has 0 bridgehead atoms. The molecule has 0 radical (unpaired) electrons. The van der Waals surface area contributed by atoms with Gasteiger partial charge in [-0.15, -0.1) is 11.3 Å². The molecule has 8 nitrogen and oxygen atoms in total. The van der Waals surface area contributed by atoms with Crippen molar-refractivity contribution in [2.45, 2.75) is 38.9 Å². The Morgan fingerprint density at radius 2 is 2.07 bits per heavy atom. The van der Waals surface area contributed by atoms with Gasteiger partial charge in [0, 0.05) is 30.6 Å². The van der Waals surface area contributed by atoms with Crippen LogP contribution in [0.1, 0.15) is 37.3 Å². The van der Waals surface area contributed by atoms with E-state index in [-0.39, 0.29) is 11.8 Å². The van der Waals surface area contributed by atoms with Crippen LogP contribution in [-0.4, -0.2) is 47.7 Å². The summed E-state index contributed by atoms with van der Waals surface area (Å²) in [5.41, 5.74) is 1.99. The van der Waals surface area contributed by atoms with Crippen LogP contribution in [0.2, 0.25) is 0 Å². The molecule has 152 valence electrons. The Hall–Kier alpha value is -3.07. The number of hydrogen-bond donors (Lipinski definition) is 2. The minimum absolute atomic E-state index is 0.209. The fourth-order valence-electron chi connectivity index (χ4n) is 2.99. The zero-order chi connectivity index (χ0) is 21.0. The zero-order valence-electron chi connectivity index (χ0n) is 16.5. The molecule has 3 amide bonds. The van der Waals surface area contributed by atoms with E-state index in [4.69, 9.17) is 0 Å². The Kier molecular flexibility index (Phi) is 6.38. The number of fused-ring (bicyclic) bond motifs is 1. The Bertz CT molecular complexity index is 941. The van der Waals surface area contributed by atoms with E-state index in [1.54, 1.807) is 20.2 Å². The van der Waals surface area contributed by atoms with E-state index in [0.29, 0.717) is 29.2 Å². The van der Waals surface area contributed by atoms with Gasteiger partial charge >= 0.3 is 0 Å². The topological polar surface area (TPSA) is 104 Å². The number of aliphatic imine (C=N–C) groups is 1. The highest BCUT2D eigenvalue weighted by molar-refractivity contribution is 7.12. The van der Waals surface area contributed by atoms with Gasteiger partial charge in [-0.05, 0) is 19.4 Å². The summed E-state index contributed by atoms with van der Waals surface area (Å²) in [6.45, 7) is 3.46. The van der Waals surface area contributed by atoms with E-state index >= 15 is 0 Å². The number of nitrogens with one attached hydrogen (secondary N) is 2. The lowest BCUT2D eigenvalue weighted by Gasteiger charge is -2.22. The summed E-state index contributed by atoms with van der Waals surface area (Å²) in [7, 11) is 1.65. The SMILES string of the molecule is CCCC(=O)N[C@@H](C)C(=O)NC1N=C(c2nccs2)c2ccccc2N(C)C1=O. The lowest BCUT2D eigenvalue weighted by molar-refractivity contribution is -0.130. The molecule has 9 heteroatoms. The van der Waals surface area contributed by atoms with Gasteiger partial charge in [0.1, 0.15) is 16.8 Å². The van der Waals surface area contributed by atoms with E-state index in [2.05, 4.69) is 20.6 Å². The Morgan fingerprint density at radius 3 is 2.76 bits per heavy atom. The number of aromatic nitrogens is 1. The predicted molar refractivity (Wildman–Crippen MR) is 112 cm³/mol. The maximum atomic E-state index is 13.0. The smallest absolute Gasteiger partial charge is 0.272 e. The molecule has 1 aliphatic rings. The normalized spacial score (nSPS) is 17.1. The number of amides is 3. The van der Waals surface area contributed by atoms with Gasteiger partial charge in [0.2, 0.25) is 18.0 Å².